The molecule has 0 aliphatic carbocycles. The van der Waals surface area contributed by atoms with Crippen LogP contribution >= 0.6 is 0 Å². The number of rotatable bonds is 7. The number of ketones is 1. The fourth-order valence-corrected chi connectivity index (χ4v) is 4.58. The predicted octanol–water partition coefficient (Wildman–Crippen LogP) is 5.83. The van der Waals surface area contributed by atoms with E-state index in [2.05, 4.69) is 0 Å². The number of carbonyl (C=O) groups excluding carboxylic acids is 2. The number of phenolic OH excluding ortho intramolecular Hbond substituents is 1. The first kappa shape index (κ1) is 25.4. The first-order chi connectivity index (χ1) is 18.9. The Labute approximate surface area is 224 Å². The van der Waals surface area contributed by atoms with Gasteiger partial charge >= 0.3 is 0 Å². The van der Waals surface area contributed by atoms with Crippen LogP contribution in [-0.2, 0) is 9.59 Å². The second-order valence-electron chi connectivity index (χ2n) is 8.71. The fourth-order valence-electron chi connectivity index (χ4n) is 4.58. The number of phenols is 1. The topological polar surface area (TPSA) is 106 Å². The van der Waals surface area contributed by atoms with Gasteiger partial charge in [-0.2, -0.15) is 0 Å². The van der Waals surface area contributed by atoms with Crippen LogP contribution in [0.2, 0.25) is 0 Å². The Hall–Kier alpha value is -5.24. The summed E-state index contributed by atoms with van der Waals surface area (Å²) in [5.74, 6) is -0.622. The van der Waals surface area contributed by atoms with E-state index < -0.39 is 23.5 Å². The Bertz CT molecular complexity index is 1580. The molecular weight excluding hydrogens is 498 g/mol. The van der Waals surface area contributed by atoms with Crippen LogP contribution in [-0.4, -0.2) is 36.1 Å². The van der Waals surface area contributed by atoms with Gasteiger partial charge in [0.25, 0.3) is 11.7 Å². The van der Waals surface area contributed by atoms with E-state index in [1.807, 2.05) is 18.2 Å². The minimum absolute atomic E-state index is 0.125. The third kappa shape index (κ3) is 4.75. The lowest BCUT2D eigenvalue weighted by Crippen LogP contribution is -2.29. The van der Waals surface area contributed by atoms with Crippen molar-refractivity contribution in [3.05, 3.63) is 114 Å². The lowest BCUT2D eigenvalue weighted by Gasteiger charge is -2.26. The van der Waals surface area contributed by atoms with Crippen molar-refractivity contribution in [3.63, 3.8) is 0 Å². The van der Waals surface area contributed by atoms with Crippen molar-refractivity contribution in [2.75, 3.05) is 19.1 Å². The smallest absolute Gasteiger partial charge is 0.300 e. The number of amides is 1. The van der Waals surface area contributed by atoms with Crippen LogP contribution in [0, 0.1) is 0 Å². The number of ether oxygens (including phenoxy) is 3. The Morgan fingerprint density at radius 2 is 1.49 bits per heavy atom. The zero-order valence-electron chi connectivity index (χ0n) is 21.2. The van der Waals surface area contributed by atoms with Gasteiger partial charge in [0.2, 0.25) is 0 Å². The quantitative estimate of drug-likeness (QED) is 0.178. The fraction of sp³-hybridized carbons (Fsp3) is 0.0968. The number of hydrogen-bond acceptors (Lipinski definition) is 7. The number of aromatic hydroxyl groups is 1. The summed E-state index contributed by atoms with van der Waals surface area (Å²) in [7, 11) is 2.92. The molecule has 0 bridgehead atoms. The number of nitrogens with zero attached hydrogens (tertiary/aromatic N) is 1. The highest BCUT2D eigenvalue weighted by atomic mass is 16.5. The van der Waals surface area contributed by atoms with Gasteiger partial charge in [0, 0.05) is 6.07 Å². The van der Waals surface area contributed by atoms with Crippen LogP contribution in [0.1, 0.15) is 17.2 Å². The van der Waals surface area contributed by atoms with Crippen molar-refractivity contribution in [3.8, 4) is 28.7 Å². The van der Waals surface area contributed by atoms with Gasteiger partial charge in [0.15, 0.2) is 0 Å². The summed E-state index contributed by atoms with van der Waals surface area (Å²) in [5.41, 5.74) is 0.651. The molecule has 196 valence electrons. The molecule has 8 nitrogen and oxygen atoms in total. The Kier molecular flexibility index (Phi) is 6.93. The van der Waals surface area contributed by atoms with Gasteiger partial charge < -0.3 is 24.4 Å². The van der Waals surface area contributed by atoms with Gasteiger partial charge in [0.1, 0.15) is 34.5 Å². The number of aliphatic hydroxyl groups excluding tert-OH is 1. The molecule has 0 saturated carbocycles. The van der Waals surface area contributed by atoms with Crippen molar-refractivity contribution in [2.24, 2.45) is 0 Å². The number of aliphatic hydroxyl groups is 1. The van der Waals surface area contributed by atoms with Crippen molar-refractivity contribution >= 4 is 23.1 Å². The molecule has 4 aromatic rings. The van der Waals surface area contributed by atoms with Gasteiger partial charge in [0.05, 0.1) is 37.1 Å². The maximum Gasteiger partial charge on any atom is 0.300 e. The second kappa shape index (κ2) is 10.6. The summed E-state index contributed by atoms with van der Waals surface area (Å²) in [4.78, 5) is 28.1. The van der Waals surface area contributed by atoms with Crippen molar-refractivity contribution in [1.82, 2.24) is 0 Å². The largest absolute Gasteiger partial charge is 0.507 e. The number of methoxy groups -OCH3 is 2. The van der Waals surface area contributed by atoms with Crippen LogP contribution < -0.4 is 19.1 Å². The van der Waals surface area contributed by atoms with E-state index in [4.69, 9.17) is 14.2 Å². The summed E-state index contributed by atoms with van der Waals surface area (Å²) in [6, 6.07) is 25.9. The summed E-state index contributed by atoms with van der Waals surface area (Å²) >= 11 is 0. The number of para-hydroxylation sites is 3. The van der Waals surface area contributed by atoms with Crippen molar-refractivity contribution in [2.45, 2.75) is 6.04 Å². The molecule has 8 heteroatoms. The highest BCUT2D eigenvalue weighted by molar-refractivity contribution is 6.52. The van der Waals surface area contributed by atoms with Gasteiger partial charge in [-0.3, -0.25) is 14.5 Å². The van der Waals surface area contributed by atoms with E-state index in [0.29, 0.717) is 22.8 Å². The molecule has 1 saturated heterocycles. The molecule has 0 spiro atoms. The molecule has 1 aliphatic rings. The molecule has 0 radical (unpaired) electrons. The predicted molar refractivity (Wildman–Crippen MR) is 145 cm³/mol. The molecule has 1 amide bonds. The van der Waals surface area contributed by atoms with Crippen LogP contribution in [0.5, 0.6) is 28.7 Å². The first-order valence-electron chi connectivity index (χ1n) is 12.1. The summed E-state index contributed by atoms with van der Waals surface area (Å²) in [6.45, 7) is 0. The Morgan fingerprint density at radius 3 is 2.21 bits per heavy atom. The number of carbonyl (C=O) groups is 2. The maximum absolute atomic E-state index is 13.5. The van der Waals surface area contributed by atoms with Gasteiger partial charge in [-0.15, -0.1) is 0 Å². The lowest BCUT2D eigenvalue weighted by atomic mass is 9.94. The summed E-state index contributed by atoms with van der Waals surface area (Å²) in [5, 5.41) is 22.1. The Balaban J connectivity index is 1.70. The Morgan fingerprint density at radius 1 is 0.769 bits per heavy atom. The van der Waals surface area contributed by atoms with Crippen LogP contribution in [0.25, 0.3) is 5.76 Å². The second-order valence-corrected chi connectivity index (χ2v) is 8.71. The molecule has 1 fully saturated rings. The van der Waals surface area contributed by atoms with Crippen LogP contribution in [0.4, 0.5) is 5.69 Å². The van der Waals surface area contributed by atoms with E-state index in [0.717, 1.165) is 0 Å². The molecule has 1 unspecified atom stereocenters. The van der Waals surface area contributed by atoms with Crippen LogP contribution in [0.15, 0.2) is 103 Å². The third-order valence-electron chi connectivity index (χ3n) is 6.40. The van der Waals surface area contributed by atoms with E-state index in [1.54, 1.807) is 66.7 Å². The number of anilines is 1. The van der Waals surface area contributed by atoms with Crippen molar-refractivity contribution < 1.29 is 34.0 Å². The highest BCUT2D eigenvalue weighted by Crippen LogP contribution is 2.46. The van der Waals surface area contributed by atoms with Gasteiger partial charge in [-0.1, -0.05) is 42.5 Å². The van der Waals surface area contributed by atoms with E-state index in [1.165, 1.54) is 31.3 Å². The number of benzene rings is 4. The molecule has 4 aromatic carbocycles. The molecule has 2 N–H and O–H groups in total. The molecule has 39 heavy (non-hydrogen) atoms. The van der Waals surface area contributed by atoms with Gasteiger partial charge in [-0.05, 0) is 54.1 Å². The zero-order chi connectivity index (χ0) is 27.5. The maximum atomic E-state index is 13.5. The zero-order valence-corrected chi connectivity index (χ0v) is 21.2. The average molecular weight is 524 g/mol. The first-order valence-corrected chi connectivity index (χ1v) is 12.1. The summed E-state index contributed by atoms with van der Waals surface area (Å²) in [6.07, 6.45) is 0. The van der Waals surface area contributed by atoms with Crippen LogP contribution in [0.3, 0.4) is 0 Å². The standard InChI is InChI=1S/C31H25NO7/c1-37-21-15-16-23(26(18-21)38-2)29(34)27-28(32(31(36)30(27)35)24-13-6-7-14-25(24)33)19-9-8-12-22(17-19)39-20-10-4-3-5-11-20/h3-18,28,33-34H,1-2H3/b29-27+. The lowest BCUT2D eigenvalue weighted by molar-refractivity contribution is -0.132. The molecule has 1 atom stereocenters. The number of Topliss-reactive ketones (excluding diaryl/α,β-unsaturated/α-hetero) is 1. The number of hydrogen-bond donors (Lipinski definition) is 2. The molecule has 0 aromatic heterocycles. The average Bonchev–Trinajstić information content (AvgIpc) is 3.23. The normalized spacial score (nSPS) is 16.3. The third-order valence-corrected chi connectivity index (χ3v) is 6.40. The monoisotopic (exact) mass is 523 g/mol. The van der Waals surface area contributed by atoms with E-state index in [9.17, 15) is 19.8 Å². The SMILES string of the molecule is COc1ccc(/C(O)=C2\C(=O)C(=O)N(c3ccccc3O)C2c2cccc(Oc3ccccc3)c2)c(OC)c1. The van der Waals surface area contributed by atoms with Crippen molar-refractivity contribution in [1.29, 1.82) is 0 Å². The summed E-state index contributed by atoms with van der Waals surface area (Å²) < 4.78 is 16.7. The highest BCUT2D eigenvalue weighted by Gasteiger charge is 2.48. The van der Waals surface area contributed by atoms with E-state index >= 15 is 0 Å². The molecule has 5 rings (SSSR count). The van der Waals surface area contributed by atoms with Gasteiger partial charge in [-0.25, -0.2) is 0 Å². The molecule has 1 heterocycles. The molecular formula is C31H25NO7. The minimum Gasteiger partial charge on any atom is -0.507 e. The minimum atomic E-state index is -1.08. The molecule has 1 aliphatic heterocycles. The van der Waals surface area contributed by atoms with E-state index in [-0.39, 0.29) is 28.3 Å².